The standard InChI is InChI=1S/C14H25N5O/c1-6-15-13-8-16-11(7-17-13)14(20)18-12(10(2)3)9-19(4)5/h7-8,10,12H,6,9H2,1-5H3,(H,15,17)(H,18,20). The number of nitrogens with zero attached hydrogens (tertiary/aromatic N) is 3. The molecule has 0 fully saturated rings. The molecule has 1 heterocycles. The molecule has 1 rings (SSSR count). The molecular formula is C14H25N5O. The fraction of sp³-hybridized carbons (Fsp3) is 0.643. The van der Waals surface area contributed by atoms with Crippen LogP contribution in [0.3, 0.4) is 0 Å². The second-order valence-corrected chi connectivity index (χ2v) is 5.40. The number of carbonyl (C=O) groups excluding carboxylic acids is 1. The quantitative estimate of drug-likeness (QED) is 0.785. The summed E-state index contributed by atoms with van der Waals surface area (Å²) in [5.74, 6) is 0.856. The Labute approximate surface area is 121 Å². The normalized spacial score (nSPS) is 12.6. The van der Waals surface area contributed by atoms with Crippen molar-refractivity contribution in [3.05, 3.63) is 18.1 Å². The average Bonchev–Trinajstić information content (AvgIpc) is 2.38. The molecule has 1 atom stereocenters. The minimum atomic E-state index is -0.180. The van der Waals surface area contributed by atoms with Crippen molar-refractivity contribution in [2.24, 2.45) is 5.92 Å². The van der Waals surface area contributed by atoms with Crippen LogP contribution in [0, 0.1) is 5.92 Å². The Morgan fingerprint density at radius 2 is 2.00 bits per heavy atom. The minimum Gasteiger partial charge on any atom is -0.369 e. The van der Waals surface area contributed by atoms with E-state index in [0.29, 0.717) is 17.4 Å². The van der Waals surface area contributed by atoms with Crippen LogP contribution in [0.15, 0.2) is 12.4 Å². The smallest absolute Gasteiger partial charge is 0.271 e. The molecule has 0 aliphatic rings. The van der Waals surface area contributed by atoms with E-state index < -0.39 is 0 Å². The van der Waals surface area contributed by atoms with E-state index in [1.165, 1.54) is 6.20 Å². The molecular weight excluding hydrogens is 254 g/mol. The fourth-order valence-corrected chi connectivity index (χ4v) is 1.78. The van der Waals surface area contributed by atoms with E-state index in [-0.39, 0.29) is 11.9 Å². The number of hydrogen-bond donors (Lipinski definition) is 2. The molecule has 0 radical (unpaired) electrons. The third-order valence-corrected chi connectivity index (χ3v) is 2.93. The molecule has 1 aromatic rings. The zero-order valence-corrected chi connectivity index (χ0v) is 13.0. The first kappa shape index (κ1) is 16.4. The van der Waals surface area contributed by atoms with Gasteiger partial charge in [0.2, 0.25) is 0 Å². The van der Waals surface area contributed by atoms with Gasteiger partial charge in [0.15, 0.2) is 0 Å². The molecule has 1 aromatic heterocycles. The van der Waals surface area contributed by atoms with Crippen molar-refractivity contribution in [1.82, 2.24) is 20.2 Å². The van der Waals surface area contributed by atoms with E-state index in [1.807, 2.05) is 21.0 Å². The number of nitrogens with one attached hydrogen (secondary N) is 2. The lowest BCUT2D eigenvalue weighted by Gasteiger charge is -2.25. The summed E-state index contributed by atoms with van der Waals surface area (Å²) in [7, 11) is 3.99. The van der Waals surface area contributed by atoms with Gasteiger partial charge in [-0.2, -0.15) is 0 Å². The van der Waals surface area contributed by atoms with Gasteiger partial charge in [-0.25, -0.2) is 9.97 Å². The fourth-order valence-electron chi connectivity index (χ4n) is 1.78. The number of hydrogen-bond acceptors (Lipinski definition) is 5. The van der Waals surface area contributed by atoms with Crippen LogP contribution < -0.4 is 10.6 Å². The highest BCUT2D eigenvalue weighted by Gasteiger charge is 2.18. The summed E-state index contributed by atoms with van der Waals surface area (Å²) >= 11 is 0. The van der Waals surface area contributed by atoms with Gasteiger partial charge in [-0.3, -0.25) is 4.79 Å². The predicted molar refractivity (Wildman–Crippen MR) is 80.8 cm³/mol. The molecule has 0 saturated carbocycles. The number of anilines is 1. The van der Waals surface area contributed by atoms with Crippen molar-refractivity contribution in [3.8, 4) is 0 Å². The maximum Gasteiger partial charge on any atom is 0.271 e. The van der Waals surface area contributed by atoms with E-state index in [9.17, 15) is 4.79 Å². The summed E-state index contributed by atoms with van der Waals surface area (Å²) in [6.07, 6.45) is 3.08. The molecule has 0 aliphatic heterocycles. The Morgan fingerprint density at radius 1 is 1.30 bits per heavy atom. The molecule has 0 aromatic carbocycles. The first-order valence-corrected chi connectivity index (χ1v) is 6.95. The van der Waals surface area contributed by atoms with E-state index in [2.05, 4.69) is 39.3 Å². The summed E-state index contributed by atoms with van der Waals surface area (Å²) in [5.41, 5.74) is 0.344. The van der Waals surface area contributed by atoms with Crippen molar-refractivity contribution in [2.75, 3.05) is 32.5 Å². The highest BCUT2D eigenvalue weighted by Crippen LogP contribution is 2.05. The molecule has 6 heteroatoms. The van der Waals surface area contributed by atoms with Gasteiger partial charge < -0.3 is 15.5 Å². The van der Waals surface area contributed by atoms with Crippen molar-refractivity contribution in [2.45, 2.75) is 26.8 Å². The van der Waals surface area contributed by atoms with Crippen molar-refractivity contribution in [3.63, 3.8) is 0 Å². The number of likely N-dealkylation sites (N-methyl/N-ethyl adjacent to an activating group) is 1. The lowest BCUT2D eigenvalue weighted by atomic mass is 10.0. The van der Waals surface area contributed by atoms with E-state index >= 15 is 0 Å². The number of carbonyl (C=O) groups is 1. The van der Waals surface area contributed by atoms with Crippen molar-refractivity contribution in [1.29, 1.82) is 0 Å². The average molecular weight is 279 g/mol. The molecule has 1 unspecified atom stereocenters. The maximum absolute atomic E-state index is 12.2. The highest BCUT2D eigenvalue weighted by molar-refractivity contribution is 5.92. The lowest BCUT2D eigenvalue weighted by Crippen LogP contribution is -2.45. The maximum atomic E-state index is 12.2. The van der Waals surface area contributed by atoms with Gasteiger partial charge in [0.25, 0.3) is 5.91 Å². The topological polar surface area (TPSA) is 70.2 Å². The van der Waals surface area contributed by atoms with Gasteiger partial charge in [0.1, 0.15) is 11.5 Å². The first-order chi connectivity index (χ1) is 9.43. The summed E-state index contributed by atoms with van der Waals surface area (Å²) < 4.78 is 0. The molecule has 0 saturated heterocycles. The molecule has 112 valence electrons. The third-order valence-electron chi connectivity index (χ3n) is 2.93. The minimum absolute atomic E-state index is 0.0905. The van der Waals surface area contributed by atoms with Gasteiger partial charge in [0, 0.05) is 19.1 Å². The number of rotatable bonds is 7. The monoisotopic (exact) mass is 279 g/mol. The summed E-state index contributed by atoms with van der Waals surface area (Å²) in [6.45, 7) is 7.74. The van der Waals surface area contributed by atoms with Crippen LogP contribution in [-0.2, 0) is 0 Å². The third kappa shape index (κ3) is 5.13. The van der Waals surface area contributed by atoms with Gasteiger partial charge in [0.05, 0.1) is 12.4 Å². The van der Waals surface area contributed by atoms with Crippen molar-refractivity contribution < 1.29 is 4.79 Å². The van der Waals surface area contributed by atoms with Crippen LogP contribution in [0.25, 0.3) is 0 Å². The summed E-state index contributed by atoms with van der Waals surface area (Å²) in [5, 5.41) is 6.06. The van der Waals surface area contributed by atoms with Gasteiger partial charge >= 0.3 is 0 Å². The molecule has 0 aliphatic carbocycles. The predicted octanol–water partition coefficient (Wildman–Crippen LogP) is 1.22. The molecule has 2 N–H and O–H groups in total. The van der Waals surface area contributed by atoms with Gasteiger partial charge in [-0.05, 0) is 26.9 Å². The van der Waals surface area contributed by atoms with Crippen LogP contribution in [-0.4, -0.2) is 54.0 Å². The molecule has 0 spiro atoms. The van der Waals surface area contributed by atoms with Gasteiger partial charge in [-0.1, -0.05) is 13.8 Å². The van der Waals surface area contributed by atoms with Crippen LogP contribution in [0.1, 0.15) is 31.3 Å². The molecule has 1 amide bonds. The zero-order chi connectivity index (χ0) is 15.1. The van der Waals surface area contributed by atoms with E-state index in [4.69, 9.17) is 0 Å². The summed E-state index contributed by atoms with van der Waals surface area (Å²) in [4.78, 5) is 22.5. The van der Waals surface area contributed by atoms with Crippen LogP contribution in [0.2, 0.25) is 0 Å². The largest absolute Gasteiger partial charge is 0.369 e. The molecule has 20 heavy (non-hydrogen) atoms. The second kappa shape index (κ2) is 7.79. The number of amides is 1. The Kier molecular flexibility index (Phi) is 6.38. The Bertz CT molecular complexity index is 416. The molecule has 6 nitrogen and oxygen atoms in total. The van der Waals surface area contributed by atoms with Crippen LogP contribution in [0.5, 0.6) is 0 Å². The van der Waals surface area contributed by atoms with E-state index in [1.54, 1.807) is 6.20 Å². The molecule has 0 bridgehead atoms. The number of aromatic nitrogens is 2. The Morgan fingerprint density at radius 3 is 2.45 bits per heavy atom. The van der Waals surface area contributed by atoms with Gasteiger partial charge in [-0.15, -0.1) is 0 Å². The first-order valence-electron chi connectivity index (χ1n) is 6.95. The highest BCUT2D eigenvalue weighted by atomic mass is 16.2. The Hall–Kier alpha value is -1.69. The SMILES string of the molecule is CCNc1cnc(C(=O)NC(CN(C)C)C(C)C)cn1. The lowest BCUT2D eigenvalue weighted by molar-refractivity contribution is 0.0911. The van der Waals surface area contributed by atoms with Crippen molar-refractivity contribution >= 4 is 11.7 Å². The summed E-state index contributed by atoms with van der Waals surface area (Å²) in [6, 6.07) is 0.0905. The van der Waals surface area contributed by atoms with E-state index in [0.717, 1.165) is 13.1 Å². The zero-order valence-electron chi connectivity index (χ0n) is 13.0. The van der Waals surface area contributed by atoms with Crippen LogP contribution >= 0.6 is 0 Å². The Balaban J connectivity index is 2.68. The van der Waals surface area contributed by atoms with Crippen LogP contribution in [0.4, 0.5) is 5.82 Å². The second-order valence-electron chi connectivity index (χ2n) is 5.40.